The molecule has 7 heteroatoms. The fraction of sp³-hybridized carbons (Fsp3) is 0.360. The molecule has 0 spiro atoms. The first kappa shape index (κ1) is 21.7. The maximum Gasteiger partial charge on any atom is 0.338 e. The lowest BCUT2D eigenvalue weighted by atomic mass is 9.81. The van der Waals surface area contributed by atoms with Crippen molar-refractivity contribution in [1.29, 1.82) is 0 Å². The number of para-hydroxylation sites is 1. The van der Waals surface area contributed by atoms with Crippen molar-refractivity contribution in [2.24, 2.45) is 11.8 Å². The van der Waals surface area contributed by atoms with E-state index in [1.807, 2.05) is 32.0 Å². The lowest BCUT2D eigenvalue weighted by Gasteiger charge is -2.19. The number of amides is 3. The predicted molar refractivity (Wildman–Crippen MR) is 119 cm³/mol. The molecule has 4 rings (SSSR count). The zero-order valence-corrected chi connectivity index (χ0v) is 18.2. The van der Waals surface area contributed by atoms with Crippen LogP contribution in [0.4, 0.5) is 11.4 Å². The Bertz CT molecular complexity index is 1050. The number of rotatable bonds is 5. The van der Waals surface area contributed by atoms with Gasteiger partial charge in [0.15, 0.2) is 6.61 Å². The second-order valence-corrected chi connectivity index (χ2v) is 8.45. The van der Waals surface area contributed by atoms with Gasteiger partial charge in [-0.1, -0.05) is 37.1 Å². The van der Waals surface area contributed by atoms with Crippen molar-refractivity contribution in [3.05, 3.63) is 59.2 Å². The lowest BCUT2D eigenvalue weighted by molar-refractivity contribution is -0.122. The van der Waals surface area contributed by atoms with Gasteiger partial charge in [0.25, 0.3) is 5.91 Å². The molecule has 0 unspecified atom stereocenters. The molecule has 1 aliphatic heterocycles. The maximum absolute atomic E-state index is 12.8. The molecule has 1 saturated carbocycles. The minimum Gasteiger partial charge on any atom is -0.452 e. The molecule has 0 aromatic heterocycles. The van der Waals surface area contributed by atoms with E-state index >= 15 is 0 Å². The second-order valence-electron chi connectivity index (χ2n) is 8.45. The molecule has 0 bridgehead atoms. The monoisotopic (exact) mass is 434 g/mol. The van der Waals surface area contributed by atoms with E-state index in [0.29, 0.717) is 11.4 Å². The van der Waals surface area contributed by atoms with Crippen LogP contribution < -0.4 is 10.2 Å². The summed E-state index contributed by atoms with van der Waals surface area (Å²) in [5.74, 6) is -2.06. The highest BCUT2D eigenvalue weighted by Crippen LogP contribution is 2.40. The second kappa shape index (κ2) is 8.94. The number of carbonyl (C=O) groups excluding carboxylic acids is 4. The average Bonchev–Trinajstić information content (AvgIpc) is 3.05. The fourth-order valence-electron chi connectivity index (χ4n) is 4.59. The SMILES string of the molecule is Cc1cccc(C)c1NC(=O)COC(=O)c1cccc(N2C(=O)[C@H]3CCCC[C@H]3C2=O)c1. The molecule has 2 atom stereocenters. The van der Waals surface area contributed by atoms with Gasteiger partial charge in [-0.25, -0.2) is 4.79 Å². The zero-order valence-electron chi connectivity index (χ0n) is 18.2. The molecule has 32 heavy (non-hydrogen) atoms. The molecule has 3 amide bonds. The van der Waals surface area contributed by atoms with Crippen LogP contribution in [0.5, 0.6) is 0 Å². The van der Waals surface area contributed by atoms with Gasteiger partial charge in [0.1, 0.15) is 0 Å². The Morgan fingerprint density at radius 3 is 2.19 bits per heavy atom. The Labute approximate surface area is 186 Å². The summed E-state index contributed by atoms with van der Waals surface area (Å²) in [6, 6.07) is 11.9. The summed E-state index contributed by atoms with van der Waals surface area (Å²) >= 11 is 0. The molecule has 2 aromatic rings. The number of carbonyl (C=O) groups is 4. The minimum atomic E-state index is -0.694. The summed E-state index contributed by atoms with van der Waals surface area (Å²) in [5, 5.41) is 2.77. The Morgan fingerprint density at radius 1 is 0.969 bits per heavy atom. The minimum absolute atomic E-state index is 0.179. The number of hydrogen-bond donors (Lipinski definition) is 1. The first-order valence-corrected chi connectivity index (χ1v) is 10.9. The van der Waals surface area contributed by atoms with E-state index in [9.17, 15) is 19.2 Å². The third-order valence-electron chi connectivity index (χ3n) is 6.26. The molecule has 7 nitrogen and oxygen atoms in total. The quantitative estimate of drug-likeness (QED) is 0.571. The van der Waals surface area contributed by atoms with Crippen molar-refractivity contribution in [2.75, 3.05) is 16.8 Å². The summed E-state index contributed by atoms with van der Waals surface area (Å²) in [6.45, 7) is 3.33. The summed E-state index contributed by atoms with van der Waals surface area (Å²) in [5.41, 5.74) is 3.07. The normalized spacial score (nSPS) is 20.1. The number of benzene rings is 2. The van der Waals surface area contributed by atoms with E-state index in [1.165, 1.54) is 17.0 Å². The number of nitrogens with one attached hydrogen (secondary N) is 1. The van der Waals surface area contributed by atoms with E-state index in [2.05, 4.69) is 5.32 Å². The highest BCUT2D eigenvalue weighted by atomic mass is 16.5. The van der Waals surface area contributed by atoms with Gasteiger partial charge in [0.2, 0.25) is 11.8 Å². The van der Waals surface area contributed by atoms with Crippen LogP contribution >= 0.6 is 0 Å². The van der Waals surface area contributed by atoms with Crippen molar-refractivity contribution < 1.29 is 23.9 Å². The Balaban J connectivity index is 1.42. The van der Waals surface area contributed by atoms with Crippen molar-refractivity contribution >= 4 is 35.1 Å². The van der Waals surface area contributed by atoms with Crippen molar-refractivity contribution in [3.8, 4) is 0 Å². The Morgan fingerprint density at radius 2 is 1.56 bits per heavy atom. The maximum atomic E-state index is 12.8. The zero-order chi connectivity index (χ0) is 22.8. The third kappa shape index (κ3) is 4.15. The van der Waals surface area contributed by atoms with Gasteiger partial charge in [-0.15, -0.1) is 0 Å². The molecular weight excluding hydrogens is 408 g/mol. The van der Waals surface area contributed by atoms with Crippen molar-refractivity contribution in [2.45, 2.75) is 39.5 Å². The summed E-state index contributed by atoms with van der Waals surface area (Å²) in [7, 11) is 0. The molecule has 1 N–H and O–H groups in total. The number of esters is 1. The van der Waals surface area contributed by atoms with Crippen LogP contribution in [0.1, 0.15) is 47.2 Å². The van der Waals surface area contributed by atoms with Crippen LogP contribution in [0.2, 0.25) is 0 Å². The first-order chi connectivity index (χ1) is 15.4. The molecule has 1 aliphatic carbocycles. The topological polar surface area (TPSA) is 92.8 Å². The molecule has 2 fully saturated rings. The van der Waals surface area contributed by atoms with Gasteiger partial charge >= 0.3 is 5.97 Å². The third-order valence-corrected chi connectivity index (χ3v) is 6.26. The van der Waals surface area contributed by atoms with Gasteiger partial charge in [0.05, 0.1) is 23.1 Å². The molecule has 2 aromatic carbocycles. The van der Waals surface area contributed by atoms with Gasteiger partial charge < -0.3 is 10.1 Å². The molecule has 2 aliphatic rings. The van der Waals surface area contributed by atoms with Crippen LogP contribution in [-0.4, -0.2) is 30.3 Å². The molecular formula is C25H26N2O5. The van der Waals surface area contributed by atoms with E-state index in [0.717, 1.165) is 36.8 Å². The number of aryl methyl sites for hydroxylation is 2. The highest BCUT2D eigenvalue weighted by molar-refractivity contribution is 6.22. The number of nitrogens with zero attached hydrogens (tertiary/aromatic N) is 1. The highest BCUT2D eigenvalue weighted by Gasteiger charge is 2.48. The van der Waals surface area contributed by atoms with E-state index < -0.39 is 18.5 Å². The van der Waals surface area contributed by atoms with E-state index in [1.54, 1.807) is 12.1 Å². The van der Waals surface area contributed by atoms with Crippen LogP contribution in [0.25, 0.3) is 0 Å². The average molecular weight is 434 g/mol. The summed E-state index contributed by atoms with van der Waals surface area (Å²) in [6.07, 6.45) is 3.35. The van der Waals surface area contributed by atoms with E-state index in [4.69, 9.17) is 4.74 Å². The van der Waals surface area contributed by atoms with Gasteiger partial charge in [0, 0.05) is 5.69 Å². The summed E-state index contributed by atoms with van der Waals surface area (Å²) in [4.78, 5) is 51.6. The molecule has 0 radical (unpaired) electrons. The van der Waals surface area contributed by atoms with Gasteiger partial charge in [-0.2, -0.15) is 0 Å². The van der Waals surface area contributed by atoms with E-state index in [-0.39, 0.29) is 29.2 Å². The first-order valence-electron chi connectivity index (χ1n) is 10.9. The van der Waals surface area contributed by atoms with Crippen LogP contribution in [-0.2, 0) is 19.1 Å². The van der Waals surface area contributed by atoms with Crippen LogP contribution in [0, 0.1) is 25.7 Å². The Kier molecular flexibility index (Phi) is 6.08. The number of anilines is 2. The largest absolute Gasteiger partial charge is 0.452 e. The van der Waals surface area contributed by atoms with Gasteiger partial charge in [-0.3, -0.25) is 19.3 Å². The molecule has 1 saturated heterocycles. The fourth-order valence-corrected chi connectivity index (χ4v) is 4.59. The van der Waals surface area contributed by atoms with Crippen molar-refractivity contribution in [1.82, 2.24) is 0 Å². The smallest absolute Gasteiger partial charge is 0.338 e. The number of imide groups is 1. The number of fused-ring (bicyclic) bond motifs is 1. The lowest BCUT2D eigenvalue weighted by Crippen LogP contribution is -2.31. The molecule has 166 valence electrons. The molecule has 1 heterocycles. The van der Waals surface area contributed by atoms with Crippen LogP contribution in [0.15, 0.2) is 42.5 Å². The van der Waals surface area contributed by atoms with Crippen LogP contribution in [0.3, 0.4) is 0 Å². The number of hydrogen-bond acceptors (Lipinski definition) is 5. The summed E-state index contributed by atoms with van der Waals surface area (Å²) < 4.78 is 5.17. The Hall–Kier alpha value is -3.48. The predicted octanol–water partition coefficient (Wildman–Crippen LogP) is 3.78. The number of ether oxygens (including phenoxy) is 1. The van der Waals surface area contributed by atoms with Crippen molar-refractivity contribution in [3.63, 3.8) is 0 Å². The van der Waals surface area contributed by atoms with Gasteiger partial charge in [-0.05, 0) is 56.0 Å². The standard InChI is InChI=1S/C25H26N2O5/c1-15-7-5-8-16(2)22(15)26-21(28)14-32-25(31)17-9-6-10-18(13-17)27-23(29)19-11-3-4-12-20(19)24(27)30/h5-10,13,19-20H,3-4,11-12,14H2,1-2H3,(H,26,28)/t19-,20+.